The van der Waals surface area contributed by atoms with Gasteiger partial charge in [0.1, 0.15) is 0 Å². The average Bonchev–Trinajstić information content (AvgIpc) is 2.54. The lowest BCUT2D eigenvalue weighted by atomic mass is 9.85. The largest absolute Gasteiger partial charge is 0.253 e. The second-order valence-electron chi connectivity index (χ2n) is 6.37. The molecule has 0 saturated carbocycles. The van der Waals surface area contributed by atoms with Gasteiger partial charge < -0.3 is 0 Å². The van der Waals surface area contributed by atoms with E-state index in [1.807, 2.05) is 42.6 Å². The molecule has 0 aliphatic heterocycles. The van der Waals surface area contributed by atoms with Crippen LogP contribution in [0.25, 0.3) is 11.0 Å². The molecule has 3 aromatic rings. The first kappa shape index (κ1) is 14.6. The van der Waals surface area contributed by atoms with Crippen LogP contribution in [-0.2, 0) is 5.41 Å². The normalized spacial score (nSPS) is 12.0. The van der Waals surface area contributed by atoms with Gasteiger partial charge >= 0.3 is 0 Å². The van der Waals surface area contributed by atoms with E-state index in [0.29, 0.717) is 5.92 Å². The highest BCUT2D eigenvalue weighted by Crippen LogP contribution is 2.29. The highest BCUT2D eigenvalue weighted by atomic mass is 15.1. The topological polar surface area (TPSA) is 51.6 Å². The fourth-order valence-corrected chi connectivity index (χ4v) is 2.37. The molecule has 0 spiro atoms. The fourth-order valence-electron chi connectivity index (χ4n) is 2.37. The van der Waals surface area contributed by atoms with Crippen LogP contribution < -0.4 is 0 Å². The van der Waals surface area contributed by atoms with Crippen molar-refractivity contribution >= 4 is 11.0 Å². The standard InChI is InChI=1S/C18H20N4/c1-12(2)13-9-10-16(22-21-13)18(3,4)17-11-19-14-7-5-6-8-15(14)20-17/h5-12H,1-4H3. The van der Waals surface area contributed by atoms with Crippen molar-refractivity contribution in [2.75, 3.05) is 0 Å². The zero-order chi connectivity index (χ0) is 15.7. The molecular weight excluding hydrogens is 272 g/mol. The van der Waals surface area contributed by atoms with Crippen LogP contribution in [0.2, 0.25) is 0 Å². The van der Waals surface area contributed by atoms with Crippen LogP contribution in [-0.4, -0.2) is 20.2 Å². The average molecular weight is 292 g/mol. The summed E-state index contributed by atoms with van der Waals surface area (Å²) < 4.78 is 0. The molecule has 1 aromatic carbocycles. The molecule has 0 saturated heterocycles. The second kappa shape index (κ2) is 5.44. The minimum Gasteiger partial charge on any atom is -0.253 e. The van der Waals surface area contributed by atoms with Gasteiger partial charge in [0.05, 0.1) is 39.7 Å². The highest BCUT2D eigenvalue weighted by Gasteiger charge is 2.27. The van der Waals surface area contributed by atoms with E-state index in [4.69, 9.17) is 4.98 Å². The minimum absolute atomic E-state index is 0.334. The van der Waals surface area contributed by atoms with E-state index in [1.165, 1.54) is 0 Å². The van der Waals surface area contributed by atoms with Crippen molar-refractivity contribution in [1.29, 1.82) is 0 Å². The van der Waals surface area contributed by atoms with E-state index in [2.05, 4.69) is 42.9 Å². The molecular formula is C18H20N4. The predicted octanol–water partition coefficient (Wildman–Crippen LogP) is 3.87. The smallest absolute Gasteiger partial charge is 0.0890 e. The van der Waals surface area contributed by atoms with Gasteiger partial charge in [0.2, 0.25) is 0 Å². The monoisotopic (exact) mass is 292 g/mol. The van der Waals surface area contributed by atoms with Crippen molar-refractivity contribution in [3.63, 3.8) is 0 Å². The SMILES string of the molecule is CC(C)c1ccc(C(C)(C)c2cnc3ccccc3n2)nn1. The summed E-state index contributed by atoms with van der Waals surface area (Å²) in [6, 6.07) is 12.0. The first-order chi connectivity index (χ1) is 10.5. The second-order valence-corrected chi connectivity index (χ2v) is 6.37. The van der Waals surface area contributed by atoms with Crippen LogP contribution in [0.1, 0.15) is 50.7 Å². The molecule has 2 aromatic heterocycles. The van der Waals surface area contributed by atoms with Gasteiger partial charge in [-0.1, -0.05) is 26.0 Å². The maximum atomic E-state index is 4.75. The molecule has 4 heteroatoms. The van der Waals surface area contributed by atoms with Crippen molar-refractivity contribution in [2.24, 2.45) is 0 Å². The molecule has 0 N–H and O–H groups in total. The van der Waals surface area contributed by atoms with E-state index in [0.717, 1.165) is 28.1 Å². The number of hydrogen-bond acceptors (Lipinski definition) is 4. The Morgan fingerprint density at radius 1 is 0.864 bits per heavy atom. The molecule has 0 fully saturated rings. The molecule has 2 heterocycles. The fraction of sp³-hybridized carbons (Fsp3) is 0.333. The zero-order valence-corrected chi connectivity index (χ0v) is 13.4. The summed E-state index contributed by atoms with van der Waals surface area (Å²) in [4.78, 5) is 9.26. The third-order valence-electron chi connectivity index (χ3n) is 4.01. The molecule has 0 aliphatic rings. The third-order valence-corrected chi connectivity index (χ3v) is 4.01. The summed E-state index contributed by atoms with van der Waals surface area (Å²) in [5.41, 5.74) is 4.28. The summed E-state index contributed by atoms with van der Waals surface area (Å²) in [5.74, 6) is 0.380. The molecule has 3 rings (SSSR count). The Kier molecular flexibility index (Phi) is 3.61. The van der Waals surface area contributed by atoms with Gasteiger partial charge in [-0.05, 0) is 44.0 Å². The van der Waals surface area contributed by atoms with Gasteiger partial charge in [-0.2, -0.15) is 10.2 Å². The van der Waals surface area contributed by atoms with Crippen LogP contribution in [0, 0.1) is 0 Å². The zero-order valence-electron chi connectivity index (χ0n) is 13.4. The van der Waals surface area contributed by atoms with Crippen molar-refractivity contribution in [1.82, 2.24) is 20.2 Å². The van der Waals surface area contributed by atoms with Crippen LogP contribution in [0.5, 0.6) is 0 Å². The van der Waals surface area contributed by atoms with Crippen LogP contribution in [0.4, 0.5) is 0 Å². The lowest BCUT2D eigenvalue weighted by molar-refractivity contribution is 0.578. The molecule has 0 atom stereocenters. The number of nitrogens with zero attached hydrogens (tertiary/aromatic N) is 4. The lowest BCUT2D eigenvalue weighted by Gasteiger charge is -2.23. The van der Waals surface area contributed by atoms with Crippen LogP contribution >= 0.6 is 0 Å². The molecule has 112 valence electrons. The molecule has 0 bridgehead atoms. The summed E-state index contributed by atoms with van der Waals surface area (Å²) >= 11 is 0. The number of benzene rings is 1. The van der Waals surface area contributed by atoms with Crippen LogP contribution in [0.3, 0.4) is 0 Å². The quantitative estimate of drug-likeness (QED) is 0.735. The van der Waals surface area contributed by atoms with Gasteiger partial charge in [-0.15, -0.1) is 0 Å². The molecule has 0 radical (unpaired) electrons. The first-order valence-electron chi connectivity index (χ1n) is 7.55. The van der Waals surface area contributed by atoms with Crippen molar-refractivity contribution in [2.45, 2.75) is 39.0 Å². The molecule has 0 unspecified atom stereocenters. The molecule has 0 aliphatic carbocycles. The Morgan fingerprint density at radius 2 is 1.59 bits per heavy atom. The van der Waals surface area contributed by atoms with Gasteiger partial charge in [0.15, 0.2) is 0 Å². The summed E-state index contributed by atoms with van der Waals surface area (Å²) in [5, 5.41) is 8.74. The highest BCUT2D eigenvalue weighted by molar-refractivity contribution is 5.73. The van der Waals surface area contributed by atoms with E-state index in [-0.39, 0.29) is 5.41 Å². The number of para-hydroxylation sites is 2. The number of aromatic nitrogens is 4. The Bertz CT molecular complexity index is 792. The Morgan fingerprint density at radius 3 is 2.23 bits per heavy atom. The summed E-state index contributed by atoms with van der Waals surface area (Å²) in [6.07, 6.45) is 1.83. The van der Waals surface area contributed by atoms with Crippen molar-refractivity contribution in [3.8, 4) is 0 Å². The molecule has 22 heavy (non-hydrogen) atoms. The molecule has 4 nitrogen and oxygen atoms in total. The Balaban J connectivity index is 2.02. The summed E-state index contributed by atoms with van der Waals surface area (Å²) in [6.45, 7) is 8.43. The van der Waals surface area contributed by atoms with E-state index >= 15 is 0 Å². The van der Waals surface area contributed by atoms with E-state index in [9.17, 15) is 0 Å². The predicted molar refractivity (Wildman–Crippen MR) is 87.8 cm³/mol. The maximum absolute atomic E-state index is 4.75. The lowest BCUT2D eigenvalue weighted by Crippen LogP contribution is -2.23. The van der Waals surface area contributed by atoms with Crippen molar-refractivity contribution < 1.29 is 0 Å². The Hall–Kier alpha value is -2.36. The van der Waals surface area contributed by atoms with Gasteiger partial charge in [0, 0.05) is 0 Å². The molecule has 0 amide bonds. The van der Waals surface area contributed by atoms with E-state index in [1.54, 1.807) is 0 Å². The number of rotatable bonds is 3. The summed E-state index contributed by atoms with van der Waals surface area (Å²) in [7, 11) is 0. The third kappa shape index (κ3) is 2.56. The van der Waals surface area contributed by atoms with Gasteiger partial charge in [-0.3, -0.25) is 4.98 Å². The Labute approximate surface area is 130 Å². The minimum atomic E-state index is -0.334. The maximum Gasteiger partial charge on any atom is 0.0890 e. The first-order valence-corrected chi connectivity index (χ1v) is 7.55. The number of fused-ring (bicyclic) bond motifs is 1. The van der Waals surface area contributed by atoms with E-state index < -0.39 is 0 Å². The van der Waals surface area contributed by atoms with Crippen LogP contribution in [0.15, 0.2) is 42.6 Å². The van der Waals surface area contributed by atoms with Gasteiger partial charge in [0.25, 0.3) is 0 Å². The number of hydrogen-bond donors (Lipinski definition) is 0. The van der Waals surface area contributed by atoms with Crippen molar-refractivity contribution in [3.05, 3.63) is 59.7 Å². The van der Waals surface area contributed by atoms with Gasteiger partial charge in [-0.25, -0.2) is 4.98 Å².